The second kappa shape index (κ2) is 9.30. The summed E-state index contributed by atoms with van der Waals surface area (Å²) >= 11 is 1.50. The van der Waals surface area contributed by atoms with Crippen LogP contribution in [-0.4, -0.2) is 54.2 Å². The molecule has 1 aliphatic heterocycles. The summed E-state index contributed by atoms with van der Waals surface area (Å²) in [5, 5.41) is 3.59. The Morgan fingerprint density at radius 2 is 2.19 bits per heavy atom. The molecule has 0 spiro atoms. The van der Waals surface area contributed by atoms with Crippen molar-refractivity contribution >= 4 is 23.7 Å². The van der Waals surface area contributed by atoms with Crippen LogP contribution in [0.4, 0.5) is 10.6 Å². The van der Waals surface area contributed by atoms with Crippen LogP contribution in [0.25, 0.3) is 0 Å². The Bertz CT molecular complexity index is 607. The van der Waals surface area contributed by atoms with Gasteiger partial charge in [-0.05, 0) is 52.7 Å². The van der Waals surface area contributed by atoms with Gasteiger partial charge in [-0.15, -0.1) is 0 Å². The lowest BCUT2D eigenvalue weighted by Gasteiger charge is -2.34. The van der Waals surface area contributed by atoms with Gasteiger partial charge in [0.2, 0.25) is 5.88 Å². The molecule has 26 heavy (non-hydrogen) atoms. The summed E-state index contributed by atoms with van der Waals surface area (Å²) in [5.74, 6) is 1.85. The number of amides is 1. The molecule has 0 aromatic carbocycles. The number of carbonyl (C=O) groups excluding carboxylic acids is 1. The minimum Gasteiger partial charge on any atom is -0.478 e. The third-order valence-corrected chi connectivity index (χ3v) is 4.47. The first-order valence-electron chi connectivity index (χ1n) is 9.08. The van der Waals surface area contributed by atoms with Crippen molar-refractivity contribution in [2.75, 3.05) is 37.4 Å². The molecule has 0 saturated carbocycles. The fraction of sp³-hybridized carbons (Fsp3) is 0.722. The van der Waals surface area contributed by atoms with Crippen LogP contribution in [0.5, 0.6) is 5.88 Å². The lowest BCUT2D eigenvalue weighted by molar-refractivity contribution is 0.0517. The van der Waals surface area contributed by atoms with Crippen molar-refractivity contribution in [3.8, 4) is 5.88 Å². The molecular weight excluding hydrogens is 352 g/mol. The lowest BCUT2D eigenvalue weighted by Crippen LogP contribution is -2.42. The Morgan fingerprint density at radius 1 is 1.42 bits per heavy atom. The van der Waals surface area contributed by atoms with Crippen molar-refractivity contribution in [1.29, 1.82) is 0 Å². The zero-order valence-electron chi connectivity index (χ0n) is 16.4. The Hall–Kier alpha value is -1.70. The van der Waals surface area contributed by atoms with E-state index in [0.29, 0.717) is 30.1 Å². The number of rotatable bonds is 6. The molecular formula is C18H30N4O3S. The number of piperidine rings is 1. The van der Waals surface area contributed by atoms with E-state index in [1.54, 1.807) is 0 Å². The molecule has 0 radical (unpaired) electrons. The maximum atomic E-state index is 11.9. The highest BCUT2D eigenvalue weighted by molar-refractivity contribution is 7.98. The van der Waals surface area contributed by atoms with Crippen molar-refractivity contribution < 1.29 is 14.3 Å². The van der Waals surface area contributed by atoms with Crippen molar-refractivity contribution in [3.63, 3.8) is 0 Å². The van der Waals surface area contributed by atoms with Crippen LogP contribution in [0.3, 0.4) is 0 Å². The minimum absolute atomic E-state index is 0.361. The number of hydrogen-bond donors (Lipinski definition) is 1. The van der Waals surface area contributed by atoms with Crippen LogP contribution < -0.4 is 15.0 Å². The first-order valence-corrected chi connectivity index (χ1v) is 10.3. The van der Waals surface area contributed by atoms with E-state index in [1.165, 1.54) is 11.8 Å². The molecule has 1 saturated heterocycles. The maximum Gasteiger partial charge on any atom is 0.407 e. The molecule has 1 fully saturated rings. The summed E-state index contributed by atoms with van der Waals surface area (Å²) < 4.78 is 10.9. The van der Waals surface area contributed by atoms with E-state index in [2.05, 4.69) is 20.2 Å². The molecule has 1 atom stereocenters. The SMILES string of the molecule is CCOc1cc(N2CCC[C@@H](CNC(=O)OC(C)(C)C)C2)nc(SC)n1. The summed E-state index contributed by atoms with van der Waals surface area (Å²) in [6, 6.07) is 1.90. The molecule has 1 N–H and O–H groups in total. The number of nitrogens with zero attached hydrogens (tertiary/aromatic N) is 3. The van der Waals surface area contributed by atoms with Gasteiger partial charge in [-0.3, -0.25) is 0 Å². The van der Waals surface area contributed by atoms with Gasteiger partial charge in [0, 0.05) is 25.7 Å². The van der Waals surface area contributed by atoms with Gasteiger partial charge in [0.15, 0.2) is 5.16 Å². The summed E-state index contributed by atoms with van der Waals surface area (Å²) in [6.45, 7) is 10.5. The van der Waals surface area contributed by atoms with Gasteiger partial charge >= 0.3 is 6.09 Å². The number of carbonyl (C=O) groups is 1. The first-order chi connectivity index (χ1) is 12.3. The normalized spacial score (nSPS) is 17.7. The minimum atomic E-state index is -0.479. The van der Waals surface area contributed by atoms with Gasteiger partial charge < -0.3 is 19.7 Å². The van der Waals surface area contributed by atoms with Crippen LogP contribution in [0, 0.1) is 5.92 Å². The van der Waals surface area contributed by atoms with Crippen molar-refractivity contribution in [2.24, 2.45) is 5.92 Å². The fourth-order valence-corrected chi connectivity index (χ4v) is 3.22. The number of hydrogen-bond acceptors (Lipinski definition) is 7. The van der Waals surface area contributed by atoms with E-state index in [-0.39, 0.29) is 6.09 Å². The highest BCUT2D eigenvalue weighted by Gasteiger charge is 2.24. The van der Waals surface area contributed by atoms with Gasteiger partial charge in [0.25, 0.3) is 0 Å². The van der Waals surface area contributed by atoms with Crippen LogP contribution in [0.1, 0.15) is 40.5 Å². The quantitative estimate of drug-likeness (QED) is 0.597. The average Bonchev–Trinajstić information content (AvgIpc) is 2.59. The Kier molecular flexibility index (Phi) is 7.37. The third kappa shape index (κ3) is 6.55. The molecule has 1 aromatic heterocycles. The third-order valence-electron chi connectivity index (χ3n) is 3.92. The average molecular weight is 383 g/mol. The Balaban J connectivity index is 1.97. The smallest absolute Gasteiger partial charge is 0.407 e. The molecule has 0 unspecified atom stereocenters. The number of anilines is 1. The maximum absolute atomic E-state index is 11.9. The molecule has 0 aliphatic carbocycles. The van der Waals surface area contributed by atoms with E-state index in [0.717, 1.165) is 31.7 Å². The molecule has 1 amide bonds. The molecule has 7 nitrogen and oxygen atoms in total. The molecule has 0 bridgehead atoms. The van der Waals surface area contributed by atoms with Gasteiger partial charge in [-0.1, -0.05) is 11.8 Å². The van der Waals surface area contributed by atoms with Crippen LogP contribution in [0.2, 0.25) is 0 Å². The summed E-state index contributed by atoms with van der Waals surface area (Å²) in [5.41, 5.74) is -0.479. The molecule has 2 heterocycles. The van der Waals surface area contributed by atoms with Crippen LogP contribution in [-0.2, 0) is 4.74 Å². The van der Waals surface area contributed by atoms with Crippen molar-refractivity contribution in [3.05, 3.63) is 6.07 Å². The fourth-order valence-electron chi connectivity index (χ4n) is 2.85. The van der Waals surface area contributed by atoms with Crippen LogP contribution >= 0.6 is 11.8 Å². The topological polar surface area (TPSA) is 76.6 Å². The predicted molar refractivity (Wildman–Crippen MR) is 104 cm³/mol. The highest BCUT2D eigenvalue weighted by Crippen LogP contribution is 2.26. The largest absolute Gasteiger partial charge is 0.478 e. The number of thioether (sulfide) groups is 1. The summed E-state index contributed by atoms with van der Waals surface area (Å²) in [7, 11) is 0. The summed E-state index contributed by atoms with van der Waals surface area (Å²) in [4.78, 5) is 23.1. The van der Waals surface area contributed by atoms with Gasteiger partial charge in [-0.25, -0.2) is 9.78 Å². The molecule has 2 rings (SSSR count). The number of nitrogens with one attached hydrogen (secondary N) is 1. The monoisotopic (exact) mass is 382 g/mol. The number of ether oxygens (including phenoxy) is 2. The second-order valence-electron chi connectivity index (χ2n) is 7.32. The van der Waals surface area contributed by atoms with E-state index in [9.17, 15) is 4.79 Å². The molecule has 146 valence electrons. The first kappa shape index (κ1) is 20.6. The Morgan fingerprint density at radius 3 is 2.85 bits per heavy atom. The zero-order chi connectivity index (χ0) is 19.2. The highest BCUT2D eigenvalue weighted by atomic mass is 32.2. The van der Waals surface area contributed by atoms with Gasteiger partial charge in [-0.2, -0.15) is 4.98 Å². The number of aromatic nitrogens is 2. The molecule has 8 heteroatoms. The van der Waals surface area contributed by atoms with Gasteiger partial charge in [0.05, 0.1) is 6.61 Å². The summed E-state index contributed by atoms with van der Waals surface area (Å²) in [6.07, 6.45) is 3.73. The van der Waals surface area contributed by atoms with Crippen LogP contribution in [0.15, 0.2) is 11.2 Å². The van der Waals surface area contributed by atoms with Crippen molar-refractivity contribution in [2.45, 2.75) is 51.3 Å². The number of alkyl carbamates (subject to hydrolysis) is 1. The van der Waals surface area contributed by atoms with E-state index in [1.807, 2.05) is 40.0 Å². The van der Waals surface area contributed by atoms with Gasteiger partial charge in [0.1, 0.15) is 11.4 Å². The second-order valence-corrected chi connectivity index (χ2v) is 8.09. The molecule has 1 aliphatic rings. The van der Waals surface area contributed by atoms with E-state index >= 15 is 0 Å². The Labute approximate surface area is 160 Å². The standard InChI is InChI=1S/C18H30N4O3S/c1-6-24-15-10-14(20-16(21-15)26-5)22-9-7-8-13(12-22)11-19-17(23)25-18(2,3)4/h10,13H,6-9,11-12H2,1-5H3,(H,19,23)/t13-/m0/s1. The molecule has 1 aromatic rings. The zero-order valence-corrected chi connectivity index (χ0v) is 17.2. The van der Waals surface area contributed by atoms with E-state index < -0.39 is 5.60 Å². The lowest BCUT2D eigenvalue weighted by atomic mass is 9.98. The van der Waals surface area contributed by atoms with E-state index in [4.69, 9.17) is 9.47 Å². The predicted octanol–water partition coefficient (Wildman–Crippen LogP) is 3.34. The van der Waals surface area contributed by atoms with Crippen molar-refractivity contribution in [1.82, 2.24) is 15.3 Å².